The van der Waals surface area contributed by atoms with E-state index in [0.29, 0.717) is 22.5 Å². The molecule has 0 saturated heterocycles. The van der Waals surface area contributed by atoms with Gasteiger partial charge in [0.2, 0.25) is 0 Å². The van der Waals surface area contributed by atoms with Gasteiger partial charge in [0.15, 0.2) is 11.6 Å². The minimum Gasteiger partial charge on any atom is -0.478 e. The van der Waals surface area contributed by atoms with E-state index in [1.165, 1.54) is 26.0 Å². The maximum absolute atomic E-state index is 11.9. The monoisotopic (exact) mass is 299 g/mol. The number of Topliss-reactive ketones (excluding diaryl/α,β-unsaturated/α-hetero) is 2. The number of aromatic nitrogens is 1. The molecule has 1 N–H and O–H groups in total. The Bertz CT molecular complexity index is 744. The molecular formula is C17H17NO4. The zero-order chi connectivity index (χ0) is 16.6. The number of hydrogen-bond acceptors (Lipinski definition) is 3. The minimum atomic E-state index is -0.999. The minimum absolute atomic E-state index is 0.160. The zero-order valence-electron chi connectivity index (χ0n) is 12.9. The molecule has 2 rings (SSSR count). The second kappa shape index (κ2) is 5.60. The lowest BCUT2D eigenvalue weighted by atomic mass is 10.0. The van der Waals surface area contributed by atoms with E-state index in [-0.39, 0.29) is 17.1 Å². The molecule has 1 aromatic heterocycles. The molecule has 1 aromatic carbocycles. The average molecular weight is 299 g/mol. The van der Waals surface area contributed by atoms with Crippen LogP contribution in [0.25, 0.3) is 5.69 Å². The molecule has 0 unspecified atom stereocenters. The third-order valence-corrected chi connectivity index (χ3v) is 3.72. The van der Waals surface area contributed by atoms with Gasteiger partial charge in [-0.1, -0.05) is 0 Å². The number of carbonyl (C=O) groups excluding carboxylic acids is 2. The van der Waals surface area contributed by atoms with Crippen LogP contribution in [0.5, 0.6) is 0 Å². The molecule has 0 aliphatic rings. The number of carboxylic acids is 1. The van der Waals surface area contributed by atoms with Gasteiger partial charge in [-0.3, -0.25) is 9.59 Å². The molecule has 2 aromatic rings. The molecule has 1 heterocycles. The van der Waals surface area contributed by atoms with Crippen LogP contribution in [0.4, 0.5) is 0 Å². The first-order chi connectivity index (χ1) is 10.3. The molecular weight excluding hydrogens is 282 g/mol. The average Bonchev–Trinajstić information content (AvgIpc) is 2.70. The Morgan fingerprint density at radius 3 is 1.59 bits per heavy atom. The largest absolute Gasteiger partial charge is 0.478 e. The fourth-order valence-electron chi connectivity index (χ4n) is 2.84. The van der Waals surface area contributed by atoms with E-state index in [1.54, 1.807) is 30.5 Å². The molecule has 0 bridgehead atoms. The topological polar surface area (TPSA) is 76.4 Å². The summed E-state index contributed by atoms with van der Waals surface area (Å²) in [6.07, 6.45) is 0. The van der Waals surface area contributed by atoms with Gasteiger partial charge in [0, 0.05) is 28.2 Å². The van der Waals surface area contributed by atoms with Crippen LogP contribution in [-0.4, -0.2) is 27.2 Å². The zero-order valence-corrected chi connectivity index (χ0v) is 12.9. The molecule has 0 aliphatic heterocycles. The highest BCUT2D eigenvalue weighted by molar-refractivity contribution is 6.09. The van der Waals surface area contributed by atoms with Gasteiger partial charge in [0.25, 0.3) is 0 Å². The number of rotatable bonds is 4. The fraction of sp³-hybridized carbons (Fsp3) is 0.235. The normalized spacial score (nSPS) is 10.5. The molecule has 0 saturated carbocycles. The van der Waals surface area contributed by atoms with E-state index in [4.69, 9.17) is 5.11 Å². The number of carboxylic acid groups (broad SMARTS) is 1. The van der Waals surface area contributed by atoms with Crippen molar-refractivity contribution in [2.75, 3.05) is 0 Å². The van der Waals surface area contributed by atoms with Crippen molar-refractivity contribution in [3.8, 4) is 5.69 Å². The van der Waals surface area contributed by atoms with Crippen molar-refractivity contribution in [3.05, 3.63) is 52.3 Å². The number of carbonyl (C=O) groups is 3. The summed E-state index contributed by atoms with van der Waals surface area (Å²) in [6, 6.07) is 6.32. The Balaban J connectivity index is 2.71. The van der Waals surface area contributed by atoms with E-state index in [0.717, 1.165) is 5.69 Å². The number of nitrogens with zero attached hydrogens (tertiary/aromatic N) is 1. The summed E-state index contributed by atoms with van der Waals surface area (Å²) in [7, 11) is 0. The van der Waals surface area contributed by atoms with E-state index in [9.17, 15) is 14.4 Å². The van der Waals surface area contributed by atoms with Crippen molar-refractivity contribution in [1.82, 2.24) is 4.57 Å². The van der Waals surface area contributed by atoms with Crippen molar-refractivity contribution >= 4 is 17.5 Å². The highest BCUT2D eigenvalue weighted by atomic mass is 16.4. The van der Waals surface area contributed by atoms with Gasteiger partial charge in [0.05, 0.1) is 5.56 Å². The Labute approximate surface area is 128 Å². The fourth-order valence-corrected chi connectivity index (χ4v) is 2.84. The van der Waals surface area contributed by atoms with Crippen LogP contribution in [-0.2, 0) is 0 Å². The lowest BCUT2D eigenvalue weighted by Crippen LogP contribution is -2.02. The number of ketones is 2. The van der Waals surface area contributed by atoms with E-state index in [1.807, 2.05) is 0 Å². The third kappa shape index (κ3) is 2.45. The van der Waals surface area contributed by atoms with Crippen LogP contribution in [0.3, 0.4) is 0 Å². The van der Waals surface area contributed by atoms with Crippen molar-refractivity contribution in [1.29, 1.82) is 0 Å². The van der Waals surface area contributed by atoms with Gasteiger partial charge in [-0.15, -0.1) is 0 Å². The van der Waals surface area contributed by atoms with Gasteiger partial charge < -0.3 is 9.67 Å². The van der Waals surface area contributed by atoms with E-state index < -0.39 is 5.97 Å². The summed E-state index contributed by atoms with van der Waals surface area (Å²) < 4.78 is 1.80. The maximum Gasteiger partial charge on any atom is 0.335 e. The van der Waals surface area contributed by atoms with Crippen LogP contribution >= 0.6 is 0 Å². The lowest BCUT2D eigenvalue weighted by Gasteiger charge is -2.10. The Hall–Kier alpha value is -2.69. The van der Waals surface area contributed by atoms with Crippen LogP contribution in [0.2, 0.25) is 0 Å². The molecule has 114 valence electrons. The van der Waals surface area contributed by atoms with Crippen molar-refractivity contribution in [2.24, 2.45) is 0 Å². The van der Waals surface area contributed by atoms with E-state index in [2.05, 4.69) is 0 Å². The molecule has 0 atom stereocenters. The van der Waals surface area contributed by atoms with Gasteiger partial charge in [-0.25, -0.2) is 4.79 Å². The Kier molecular flexibility index (Phi) is 3.99. The first-order valence-corrected chi connectivity index (χ1v) is 6.83. The highest BCUT2D eigenvalue weighted by Crippen LogP contribution is 2.27. The number of aromatic carboxylic acids is 1. The Morgan fingerprint density at radius 1 is 0.864 bits per heavy atom. The first kappa shape index (κ1) is 15.7. The summed E-state index contributed by atoms with van der Waals surface area (Å²) in [5, 5.41) is 8.95. The SMILES string of the molecule is CC(=O)c1c(C(C)=O)c(C)n(-c2ccc(C(=O)O)cc2)c1C. The van der Waals surface area contributed by atoms with Crippen LogP contribution in [0, 0.1) is 13.8 Å². The van der Waals surface area contributed by atoms with Crippen LogP contribution in [0.1, 0.15) is 56.3 Å². The highest BCUT2D eigenvalue weighted by Gasteiger charge is 2.24. The van der Waals surface area contributed by atoms with Gasteiger partial charge >= 0.3 is 5.97 Å². The molecule has 0 radical (unpaired) electrons. The molecule has 0 aliphatic carbocycles. The summed E-state index contributed by atoms with van der Waals surface area (Å²) in [5.41, 5.74) is 3.11. The number of hydrogen-bond donors (Lipinski definition) is 1. The van der Waals surface area contributed by atoms with Crippen LogP contribution in [0.15, 0.2) is 24.3 Å². The predicted molar refractivity (Wildman–Crippen MR) is 82.2 cm³/mol. The first-order valence-electron chi connectivity index (χ1n) is 6.83. The molecule has 0 amide bonds. The number of benzene rings is 1. The second-order valence-electron chi connectivity index (χ2n) is 5.22. The smallest absolute Gasteiger partial charge is 0.335 e. The van der Waals surface area contributed by atoms with Crippen molar-refractivity contribution < 1.29 is 19.5 Å². The third-order valence-electron chi connectivity index (χ3n) is 3.72. The standard InChI is InChI=1S/C17H17NO4/c1-9-15(11(3)19)16(12(4)20)10(2)18(9)14-7-5-13(6-8-14)17(21)22/h5-8H,1-4H3,(H,21,22). The summed E-state index contributed by atoms with van der Waals surface area (Å²) in [4.78, 5) is 34.7. The molecule has 0 spiro atoms. The lowest BCUT2D eigenvalue weighted by molar-refractivity contribution is 0.0696. The quantitative estimate of drug-likeness (QED) is 0.880. The maximum atomic E-state index is 11.9. The van der Waals surface area contributed by atoms with Gasteiger partial charge in [-0.2, -0.15) is 0 Å². The van der Waals surface area contributed by atoms with E-state index >= 15 is 0 Å². The molecule has 5 nitrogen and oxygen atoms in total. The van der Waals surface area contributed by atoms with Crippen molar-refractivity contribution in [2.45, 2.75) is 27.7 Å². The van der Waals surface area contributed by atoms with Crippen LogP contribution < -0.4 is 0 Å². The summed E-state index contributed by atoms with van der Waals surface area (Å²) in [5.74, 6) is -1.32. The van der Waals surface area contributed by atoms with Crippen molar-refractivity contribution in [3.63, 3.8) is 0 Å². The molecule has 5 heteroatoms. The van der Waals surface area contributed by atoms with Gasteiger partial charge in [-0.05, 0) is 52.0 Å². The Morgan fingerprint density at radius 2 is 1.27 bits per heavy atom. The van der Waals surface area contributed by atoms with Gasteiger partial charge in [0.1, 0.15) is 0 Å². The summed E-state index contributed by atoms with van der Waals surface area (Å²) in [6.45, 7) is 6.43. The molecule has 22 heavy (non-hydrogen) atoms. The molecule has 0 fully saturated rings. The second-order valence-corrected chi connectivity index (χ2v) is 5.22. The summed E-state index contributed by atoms with van der Waals surface area (Å²) >= 11 is 0. The predicted octanol–water partition coefficient (Wildman–Crippen LogP) is 3.20.